The van der Waals surface area contributed by atoms with E-state index < -0.39 is 0 Å². The Kier molecular flexibility index (Phi) is 3.42. The van der Waals surface area contributed by atoms with Crippen molar-refractivity contribution in [3.05, 3.63) is 23.8 Å². The van der Waals surface area contributed by atoms with Crippen molar-refractivity contribution in [3.8, 4) is 11.5 Å². The maximum Gasteiger partial charge on any atom is 0.180 e. The Morgan fingerprint density at radius 3 is 2.90 bits per heavy atom. The van der Waals surface area contributed by atoms with E-state index in [1.807, 2.05) is 12.5 Å². The summed E-state index contributed by atoms with van der Waals surface area (Å²) in [6, 6.07) is 0.354. The number of hydrogen-bond donors (Lipinski definition) is 1. The molecule has 2 heterocycles. The Morgan fingerprint density at radius 2 is 2.15 bits per heavy atom. The number of rotatable bonds is 4. The second-order valence-corrected chi connectivity index (χ2v) is 5.48. The molecule has 20 heavy (non-hydrogen) atoms. The van der Waals surface area contributed by atoms with Gasteiger partial charge in [0.1, 0.15) is 11.5 Å². The summed E-state index contributed by atoms with van der Waals surface area (Å²) in [5.41, 5.74) is 3.49. The first-order valence-corrected chi connectivity index (χ1v) is 7.36. The molecule has 0 aromatic carbocycles. The number of hydrogen-bond acceptors (Lipinski definition) is 4. The minimum absolute atomic E-state index is 0.354. The van der Waals surface area contributed by atoms with Crippen molar-refractivity contribution >= 4 is 5.82 Å². The van der Waals surface area contributed by atoms with Gasteiger partial charge in [-0.3, -0.25) is 0 Å². The van der Waals surface area contributed by atoms with Crippen LogP contribution in [0.1, 0.15) is 44.5 Å². The monoisotopic (exact) mass is 271 g/mol. The highest BCUT2D eigenvalue weighted by atomic mass is 15.1. The van der Waals surface area contributed by atoms with Crippen molar-refractivity contribution in [3.63, 3.8) is 0 Å². The van der Waals surface area contributed by atoms with Crippen molar-refractivity contribution in [2.75, 3.05) is 11.9 Å². The third kappa shape index (κ3) is 2.17. The number of aryl methyl sites for hydroxylation is 1. The molecule has 0 radical (unpaired) electrons. The topological polar surface area (TPSA) is 55.6 Å². The van der Waals surface area contributed by atoms with Gasteiger partial charge in [-0.05, 0) is 40.0 Å². The fourth-order valence-corrected chi connectivity index (χ4v) is 2.75. The lowest BCUT2D eigenvalue weighted by molar-refractivity contribution is 0.603. The normalized spacial score (nSPS) is 13.8. The highest BCUT2D eigenvalue weighted by Gasteiger charge is 2.21. The first kappa shape index (κ1) is 13.1. The molecule has 1 N–H and O–H groups in total. The Bertz CT molecular complexity index is 615. The van der Waals surface area contributed by atoms with E-state index in [0.717, 1.165) is 36.7 Å². The molecule has 0 saturated heterocycles. The average molecular weight is 271 g/mol. The van der Waals surface area contributed by atoms with Gasteiger partial charge in [0.05, 0.1) is 12.5 Å². The van der Waals surface area contributed by atoms with E-state index in [2.05, 4.69) is 35.6 Å². The zero-order valence-corrected chi connectivity index (χ0v) is 12.3. The number of nitrogens with one attached hydrogen (secondary N) is 1. The van der Waals surface area contributed by atoms with Gasteiger partial charge in [0.15, 0.2) is 5.82 Å². The van der Waals surface area contributed by atoms with Gasteiger partial charge in [-0.25, -0.2) is 15.0 Å². The molecule has 0 spiro atoms. The molecule has 0 fully saturated rings. The lowest BCUT2D eigenvalue weighted by Crippen LogP contribution is -2.09. The van der Waals surface area contributed by atoms with E-state index in [0.29, 0.717) is 6.04 Å². The molecule has 5 nitrogen and oxygen atoms in total. The van der Waals surface area contributed by atoms with Gasteiger partial charge >= 0.3 is 0 Å². The molecular weight excluding hydrogens is 250 g/mol. The second kappa shape index (κ2) is 5.23. The summed E-state index contributed by atoms with van der Waals surface area (Å²) in [5, 5.41) is 3.38. The van der Waals surface area contributed by atoms with Gasteiger partial charge < -0.3 is 9.88 Å². The Hall–Kier alpha value is -1.91. The van der Waals surface area contributed by atoms with Crippen LogP contribution in [0.15, 0.2) is 12.5 Å². The van der Waals surface area contributed by atoms with E-state index in [4.69, 9.17) is 9.97 Å². The molecule has 0 bridgehead atoms. The highest BCUT2D eigenvalue weighted by Crippen LogP contribution is 2.29. The van der Waals surface area contributed by atoms with E-state index in [1.54, 1.807) is 0 Å². The Labute approximate surface area is 119 Å². The molecule has 106 valence electrons. The van der Waals surface area contributed by atoms with Crippen LogP contribution in [0.5, 0.6) is 0 Å². The molecule has 2 aromatic heterocycles. The predicted molar refractivity (Wildman–Crippen MR) is 79.8 cm³/mol. The maximum atomic E-state index is 4.77. The van der Waals surface area contributed by atoms with E-state index in [-0.39, 0.29) is 0 Å². The van der Waals surface area contributed by atoms with Crippen molar-refractivity contribution in [2.24, 2.45) is 0 Å². The van der Waals surface area contributed by atoms with Crippen LogP contribution >= 0.6 is 0 Å². The van der Waals surface area contributed by atoms with Crippen LogP contribution in [0.3, 0.4) is 0 Å². The molecule has 0 aliphatic heterocycles. The molecule has 3 rings (SSSR count). The summed E-state index contributed by atoms with van der Waals surface area (Å²) in [7, 11) is 0. The van der Waals surface area contributed by atoms with Gasteiger partial charge in [0.2, 0.25) is 0 Å². The second-order valence-electron chi connectivity index (χ2n) is 5.48. The molecule has 1 aliphatic rings. The highest BCUT2D eigenvalue weighted by molar-refractivity contribution is 5.57. The molecular formula is C15H21N5. The van der Waals surface area contributed by atoms with Crippen molar-refractivity contribution in [2.45, 2.75) is 46.1 Å². The van der Waals surface area contributed by atoms with E-state index >= 15 is 0 Å². The molecule has 0 unspecified atom stereocenters. The fourth-order valence-electron chi connectivity index (χ4n) is 2.75. The van der Waals surface area contributed by atoms with Crippen molar-refractivity contribution in [1.29, 1.82) is 0 Å². The van der Waals surface area contributed by atoms with Gasteiger partial charge in [-0.1, -0.05) is 0 Å². The zero-order chi connectivity index (χ0) is 14.1. The fraction of sp³-hybridized carbons (Fsp3) is 0.533. The van der Waals surface area contributed by atoms with Gasteiger partial charge in [-0.2, -0.15) is 0 Å². The predicted octanol–water partition coefficient (Wildman–Crippen LogP) is 2.84. The number of imidazole rings is 1. The molecule has 0 saturated carbocycles. The van der Waals surface area contributed by atoms with Crippen LogP contribution < -0.4 is 5.32 Å². The first-order valence-electron chi connectivity index (χ1n) is 7.36. The summed E-state index contributed by atoms with van der Waals surface area (Å²) < 4.78 is 2.12. The SMILES string of the molecule is CCNc1nc(-c2cncn2C(C)C)nc2c1CCC2. The standard InChI is InChI=1S/C15H21N5/c1-4-17-14-11-6-5-7-12(11)18-15(19-14)13-8-16-9-20(13)10(2)3/h8-10H,4-7H2,1-3H3,(H,17,18,19). The molecule has 2 aromatic rings. The van der Waals surface area contributed by atoms with Gasteiger partial charge in [0.25, 0.3) is 0 Å². The summed E-state index contributed by atoms with van der Waals surface area (Å²) in [6.07, 6.45) is 7.02. The number of anilines is 1. The number of aromatic nitrogens is 4. The van der Waals surface area contributed by atoms with Crippen LogP contribution in [0.4, 0.5) is 5.82 Å². The average Bonchev–Trinajstić information content (AvgIpc) is 3.07. The van der Waals surface area contributed by atoms with Crippen LogP contribution in [-0.2, 0) is 12.8 Å². The Morgan fingerprint density at radius 1 is 1.30 bits per heavy atom. The van der Waals surface area contributed by atoms with E-state index in [9.17, 15) is 0 Å². The smallest absolute Gasteiger partial charge is 0.180 e. The lowest BCUT2D eigenvalue weighted by Gasteiger charge is -2.14. The van der Waals surface area contributed by atoms with Crippen LogP contribution in [-0.4, -0.2) is 26.1 Å². The van der Waals surface area contributed by atoms with Crippen molar-refractivity contribution < 1.29 is 0 Å². The minimum Gasteiger partial charge on any atom is -0.370 e. The zero-order valence-electron chi connectivity index (χ0n) is 12.3. The maximum absolute atomic E-state index is 4.77. The first-order chi connectivity index (χ1) is 9.70. The van der Waals surface area contributed by atoms with Gasteiger partial charge in [-0.15, -0.1) is 0 Å². The molecule has 1 aliphatic carbocycles. The third-order valence-electron chi connectivity index (χ3n) is 3.73. The summed E-state index contributed by atoms with van der Waals surface area (Å²) >= 11 is 0. The minimum atomic E-state index is 0.354. The van der Waals surface area contributed by atoms with Crippen LogP contribution in [0.2, 0.25) is 0 Å². The van der Waals surface area contributed by atoms with Crippen LogP contribution in [0.25, 0.3) is 11.5 Å². The Balaban J connectivity index is 2.10. The third-order valence-corrected chi connectivity index (χ3v) is 3.73. The van der Waals surface area contributed by atoms with Gasteiger partial charge in [0, 0.05) is 23.8 Å². The quantitative estimate of drug-likeness (QED) is 0.929. The molecule has 5 heteroatoms. The number of nitrogens with zero attached hydrogens (tertiary/aromatic N) is 4. The number of fused-ring (bicyclic) bond motifs is 1. The lowest BCUT2D eigenvalue weighted by atomic mass is 10.2. The summed E-state index contributed by atoms with van der Waals surface area (Å²) in [6.45, 7) is 7.27. The summed E-state index contributed by atoms with van der Waals surface area (Å²) in [5.74, 6) is 1.79. The summed E-state index contributed by atoms with van der Waals surface area (Å²) in [4.78, 5) is 13.8. The van der Waals surface area contributed by atoms with E-state index in [1.165, 1.54) is 17.7 Å². The van der Waals surface area contributed by atoms with Crippen molar-refractivity contribution in [1.82, 2.24) is 19.5 Å². The molecule has 0 amide bonds. The molecule has 0 atom stereocenters. The largest absolute Gasteiger partial charge is 0.370 e. The van der Waals surface area contributed by atoms with Crippen LogP contribution in [0, 0.1) is 0 Å².